The highest BCUT2D eigenvalue weighted by molar-refractivity contribution is 8.00. The van der Waals surface area contributed by atoms with E-state index in [-0.39, 0.29) is 0 Å². The second-order valence-electron chi connectivity index (χ2n) is 2.89. The highest BCUT2D eigenvalue weighted by atomic mass is 32.2. The average molecular weight is 161 g/mol. The van der Waals surface area contributed by atoms with Gasteiger partial charge < -0.3 is 0 Å². The van der Waals surface area contributed by atoms with Crippen LogP contribution >= 0.6 is 11.8 Å². The molecule has 10 heavy (non-hydrogen) atoms. The van der Waals surface area contributed by atoms with Crippen LogP contribution in [0.1, 0.15) is 34.1 Å². The van der Waals surface area contributed by atoms with Crippen molar-refractivity contribution in [1.29, 1.82) is 0 Å². The predicted octanol–water partition coefficient (Wildman–Crippen LogP) is 2.93. The van der Waals surface area contributed by atoms with Gasteiger partial charge in [-0.3, -0.25) is 0 Å². The first-order valence-electron chi connectivity index (χ1n) is 3.89. The molecule has 0 aromatic heterocycles. The van der Waals surface area contributed by atoms with E-state index < -0.39 is 5.44 Å². The van der Waals surface area contributed by atoms with Crippen LogP contribution in [0.2, 0.25) is 0 Å². The van der Waals surface area contributed by atoms with E-state index in [9.17, 15) is 5.11 Å². The normalized spacial score (nSPS) is 17.4. The van der Waals surface area contributed by atoms with E-state index in [4.69, 9.17) is 0 Å². The Bertz CT molecular complexity index is 81.3. The van der Waals surface area contributed by atoms with E-state index in [2.05, 4.69) is 20.8 Å². The number of hydrogen-bond donors (Lipinski definition) is 0. The summed E-state index contributed by atoms with van der Waals surface area (Å²) in [5, 5.41) is 11.3. The van der Waals surface area contributed by atoms with Gasteiger partial charge in [0.2, 0.25) is 0 Å². The summed E-state index contributed by atoms with van der Waals surface area (Å²) in [6, 6.07) is 0. The lowest BCUT2D eigenvalue weighted by molar-refractivity contribution is 0.180. The van der Waals surface area contributed by atoms with Crippen molar-refractivity contribution < 1.29 is 5.11 Å². The minimum atomic E-state index is -0.465. The number of thioether (sulfide) groups is 1. The first-order valence-corrected chi connectivity index (χ1v) is 4.83. The molecule has 0 N–H and O–H groups in total. The van der Waals surface area contributed by atoms with Gasteiger partial charge in [-0.2, -0.15) is 0 Å². The van der Waals surface area contributed by atoms with Crippen molar-refractivity contribution >= 4 is 11.8 Å². The van der Waals surface area contributed by atoms with Crippen molar-refractivity contribution in [1.82, 2.24) is 0 Å². The van der Waals surface area contributed by atoms with Gasteiger partial charge in [-0.15, -0.1) is 11.8 Å². The van der Waals surface area contributed by atoms with E-state index in [0.717, 1.165) is 6.42 Å². The molecule has 0 aromatic rings. The lowest BCUT2D eigenvalue weighted by Gasteiger charge is -2.18. The van der Waals surface area contributed by atoms with Gasteiger partial charge in [0.25, 0.3) is 0 Å². The second kappa shape index (κ2) is 5.03. The van der Waals surface area contributed by atoms with Crippen molar-refractivity contribution in [2.45, 2.75) is 44.8 Å². The smallest absolute Gasteiger partial charge is 0.136 e. The molecule has 0 aromatic carbocycles. The van der Waals surface area contributed by atoms with Crippen LogP contribution in [-0.4, -0.2) is 10.7 Å². The Morgan fingerprint density at radius 3 is 1.90 bits per heavy atom. The molecule has 2 heteroatoms. The maximum absolute atomic E-state index is 10.8. The van der Waals surface area contributed by atoms with E-state index in [1.807, 2.05) is 0 Å². The summed E-state index contributed by atoms with van der Waals surface area (Å²) in [7, 11) is 0. The van der Waals surface area contributed by atoms with Gasteiger partial charge in [-0.05, 0) is 19.3 Å². The molecule has 0 fully saturated rings. The molecule has 0 saturated carbocycles. The van der Waals surface area contributed by atoms with Crippen LogP contribution in [0.25, 0.3) is 0 Å². The maximum atomic E-state index is 10.8. The van der Waals surface area contributed by atoms with Crippen LogP contribution in [0.4, 0.5) is 0 Å². The van der Waals surface area contributed by atoms with E-state index >= 15 is 0 Å². The van der Waals surface area contributed by atoms with Gasteiger partial charge in [0, 0.05) is 5.25 Å². The van der Waals surface area contributed by atoms with E-state index in [1.54, 1.807) is 18.7 Å². The topological polar surface area (TPSA) is 19.9 Å². The Labute approximate surface area is 68.2 Å². The molecule has 1 nitrogen and oxygen atoms in total. The van der Waals surface area contributed by atoms with Crippen molar-refractivity contribution in [3.63, 3.8) is 0 Å². The lowest BCUT2D eigenvalue weighted by atomic mass is 10.1. The molecule has 0 aliphatic carbocycles. The fraction of sp³-hybridized carbons (Fsp3) is 1.00. The highest BCUT2D eigenvalue weighted by Crippen LogP contribution is 2.25. The molecule has 0 saturated heterocycles. The zero-order chi connectivity index (χ0) is 8.15. The van der Waals surface area contributed by atoms with Gasteiger partial charge in [-0.1, -0.05) is 20.8 Å². The molecule has 2 unspecified atom stereocenters. The summed E-state index contributed by atoms with van der Waals surface area (Å²) >= 11 is 1.55. The van der Waals surface area contributed by atoms with Crippen molar-refractivity contribution in [2.75, 3.05) is 0 Å². The summed E-state index contributed by atoms with van der Waals surface area (Å²) < 4.78 is 0. The molecule has 0 heterocycles. The minimum Gasteiger partial charge on any atom is -0.222 e. The maximum Gasteiger partial charge on any atom is 0.136 e. The third-order valence-electron chi connectivity index (χ3n) is 1.51. The Hall–Kier alpha value is 0.310. The van der Waals surface area contributed by atoms with Gasteiger partial charge >= 0.3 is 0 Å². The molecule has 0 aliphatic rings. The van der Waals surface area contributed by atoms with Gasteiger partial charge in [0.1, 0.15) is 5.44 Å². The predicted molar refractivity (Wildman–Crippen MR) is 46.7 cm³/mol. The lowest BCUT2D eigenvalue weighted by Crippen LogP contribution is -2.12. The van der Waals surface area contributed by atoms with Crippen LogP contribution < -0.4 is 0 Å². The number of hydrogen-bond acceptors (Lipinski definition) is 1. The standard InChI is InChI=1S/C8H17OS/c1-5-8(6(2)3)10-7(4)9/h6-8H,5H2,1-4H3. The van der Waals surface area contributed by atoms with Gasteiger partial charge in [-0.25, -0.2) is 5.11 Å². The third-order valence-corrected chi connectivity index (χ3v) is 3.12. The SMILES string of the molecule is CCC(SC(C)[O])C(C)C. The molecule has 0 bridgehead atoms. The molecule has 2 atom stereocenters. The molecule has 0 amide bonds. The van der Waals surface area contributed by atoms with Crippen molar-refractivity contribution in [3.05, 3.63) is 0 Å². The average Bonchev–Trinajstić information content (AvgIpc) is 1.81. The fourth-order valence-corrected chi connectivity index (χ4v) is 1.97. The van der Waals surface area contributed by atoms with E-state index in [1.165, 1.54) is 0 Å². The first kappa shape index (κ1) is 10.3. The highest BCUT2D eigenvalue weighted by Gasteiger charge is 2.14. The largest absolute Gasteiger partial charge is 0.222 e. The molecule has 61 valence electrons. The Morgan fingerprint density at radius 2 is 1.80 bits per heavy atom. The van der Waals surface area contributed by atoms with Gasteiger partial charge in [0.05, 0.1) is 0 Å². The molecule has 1 radical (unpaired) electrons. The zero-order valence-electron chi connectivity index (χ0n) is 7.26. The summed E-state index contributed by atoms with van der Waals surface area (Å²) in [5.41, 5.74) is -0.465. The first-order chi connectivity index (χ1) is 4.57. The molecule has 0 rings (SSSR count). The summed E-state index contributed by atoms with van der Waals surface area (Å²) in [5.74, 6) is 0.631. The van der Waals surface area contributed by atoms with Crippen LogP contribution in [0.3, 0.4) is 0 Å². The zero-order valence-corrected chi connectivity index (χ0v) is 8.07. The van der Waals surface area contributed by atoms with Crippen molar-refractivity contribution in [3.8, 4) is 0 Å². The summed E-state index contributed by atoms with van der Waals surface area (Å²) in [4.78, 5) is 0. The fourth-order valence-electron chi connectivity index (χ4n) is 0.971. The van der Waals surface area contributed by atoms with Crippen LogP contribution in [-0.2, 0) is 5.11 Å². The molecular weight excluding hydrogens is 144 g/mol. The van der Waals surface area contributed by atoms with Gasteiger partial charge in [0.15, 0.2) is 0 Å². The Kier molecular flexibility index (Phi) is 5.18. The molecule has 0 spiro atoms. The van der Waals surface area contributed by atoms with Crippen LogP contribution in [0.5, 0.6) is 0 Å². The quantitative estimate of drug-likeness (QED) is 0.580. The number of rotatable bonds is 4. The summed E-state index contributed by atoms with van der Waals surface area (Å²) in [6.07, 6.45) is 1.11. The summed E-state index contributed by atoms with van der Waals surface area (Å²) in [6.45, 7) is 8.20. The van der Waals surface area contributed by atoms with Crippen molar-refractivity contribution in [2.24, 2.45) is 5.92 Å². The minimum absolute atomic E-state index is 0.465. The van der Waals surface area contributed by atoms with Crippen LogP contribution in [0, 0.1) is 5.92 Å². The molecule has 0 aliphatic heterocycles. The van der Waals surface area contributed by atoms with E-state index in [0.29, 0.717) is 11.2 Å². The monoisotopic (exact) mass is 161 g/mol. The molecular formula is C8H17OS. The Morgan fingerprint density at radius 1 is 1.30 bits per heavy atom. The van der Waals surface area contributed by atoms with Crippen LogP contribution in [0.15, 0.2) is 0 Å². The third kappa shape index (κ3) is 4.18. The Balaban J connectivity index is 3.60. The second-order valence-corrected chi connectivity index (χ2v) is 4.44.